The van der Waals surface area contributed by atoms with Gasteiger partial charge in [-0.05, 0) is 0 Å². The quantitative estimate of drug-likeness (QED) is 0.318. The molecule has 0 saturated heterocycles. The van der Waals surface area contributed by atoms with Crippen LogP contribution < -0.4 is 0 Å². The van der Waals surface area contributed by atoms with Gasteiger partial charge in [0.05, 0.1) is 0 Å². The first-order valence-electron chi connectivity index (χ1n) is 1.50. The minimum Gasteiger partial charge on any atom is -0.358 e. The molecule has 0 aromatic rings. The zero-order valence-corrected chi connectivity index (χ0v) is 6.62. The van der Waals surface area contributed by atoms with Gasteiger partial charge in [-0.1, -0.05) is 0 Å². The van der Waals surface area contributed by atoms with Gasteiger partial charge in [-0.15, -0.1) is 0 Å². The monoisotopic (exact) mass is 96.1 g/mol. The second-order valence-electron chi connectivity index (χ2n) is 1.50. The van der Waals surface area contributed by atoms with Crippen LogP contribution in [0.4, 0.5) is 0 Å². The van der Waals surface area contributed by atoms with E-state index in [2.05, 4.69) is 20.8 Å². The summed E-state index contributed by atoms with van der Waals surface area (Å²) >= 11 is 0. The van der Waals surface area contributed by atoms with Crippen molar-refractivity contribution in [1.82, 2.24) is 0 Å². The fraction of sp³-hybridized carbons (Fsp3) is 0.600. The molecule has 0 aromatic heterocycles. The summed E-state index contributed by atoms with van der Waals surface area (Å²) in [6, 6.07) is 0. The first-order chi connectivity index (χ1) is 1.73. The summed E-state index contributed by atoms with van der Waals surface area (Å²) in [4.78, 5) is 0. The number of hydrogen-bond acceptors (Lipinski definition) is 0. The number of rotatable bonds is 0. The van der Waals surface area contributed by atoms with Gasteiger partial charge in [0.15, 0.2) is 0 Å². The van der Waals surface area contributed by atoms with Crippen molar-refractivity contribution in [2.75, 3.05) is 0 Å². The standard InChI is InChI=1S/C4H9.CH3.Mg/c1-4(2)3;;/h1-3H3;1H3;/q2*-1;+2. The van der Waals surface area contributed by atoms with E-state index in [4.69, 9.17) is 0 Å². The third-order valence-corrected chi connectivity index (χ3v) is 0. The first-order valence-corrected chi connectivity index (χ1v) is 1.50. The Morgan fingerprint density at radius 1 is 1.00 bits per heavy atom. The molecule has 0 N–H and O–H groups in total. The Hall–Kier alpha value is 0.766. The SMILES string of the molecule is C[C-](C)C.[CH3-].[Mg+2]. The fourth-order valence-corrected chi connectivity index (χ4v) is 0. The van der Waals surface area contributed by atoms with E-state index < -0.39 is 0 Å². The average molecular weight is 96.5 g/mol. The third kappa shape index (κ3) is 115. The molecule has 0 rings (SSSR count). The summed E-state index contributed by atoms with van der Waals surface area (Å²) in [7, 11) is 0. The van der Waals surface area contributed by atoms with Crippen LogP contribution in [0, 0.1) is 13.3 Å². The molecule has 0 unspecified atom stereocenters. The molecule has 0 aromatic carbocycles. The van der Waals surface area contributed by atoms with Crippen molar-refractivity contribution >= 4 is 23.1 Å². The topological polar surface area (TPSA) is 0 Å². The molecule has 0 aliphatic heterocycles. The average Bonchev–Trinajstić information content (AvgIpc) is 0.811. The molecule has 6 heavy (non-hydrogen) atoms. The van der Waals surface area contributed by atoms with Gasteiger partial charge in [-0.25, -0.2) is 0 Å². The van der Waals surface area contributed by atoms with Crippen LogP contribution in [-0.2, 0) is 0 Å². The van der Waals surface area contributed by atoms with Crippen LogP contribution in [0.15, 0.2) is 0 Å². The molecule has 0 atom stereocenters. The summed E-state index contributed by atoms with van der Waals surface area (Å²) in [5.74, 6) is 1.42. The molecule has 0 saturated carbocycles. The third-order valence-electron chi connectivity index (χ3n) is 0. The summed E-state index contributed by atoms with van der Waals surface area (Å²) in [6.45, 7) is 6.25. The predicted octanol–water partition coefficient (Wildman–Crippen LogP) is 1.69. The van der Waals surface area contributed by atoms with E-state index in [1.807, 2.05) is 0 Å². The van der Waals surface area contributed by atoms with Crippen molar-refractivity contribution in [3.05, 3.63) is 13.3 Å². The Balaban J connectivity index is -0.0000000450. The summed E-state index contributed by atoms with van der Waals surface area (Å²) in [6.07, 6.45) is 0. The van der Waals surface area contributed by atoms with E-state index in [1.165, 1.54) is 5.92 Å². The molecule has 0 bridgehead atoms. The molecule has 0 nitrogen and oxygen atoms in total. The smallest absolute Gasteiger partial charge is 0.358 e. The zero-order chi connectivity index (χ0) is 3.58. The molecule has 0 spiro atoms. The summed E-state index contributed by atoms with van der Waals surface area (Å²) in [5, 5.41) is 0. The van der Waals surface area contributed by atoms with E-state index in [9.17, 15) is 0 Å². The largest absolute Gasteiger partial charge is 2.00 e. The van der Waals surface area contributed by atoms with Gasteiger partial charge in [0, 0.05) is 0 Å². The van der Waals surface area contributed by atoms with Crippen LogP contribution in [0.25, 0.3) is 0 Å². The molecule has 0 aliphatic rings. The van der Waals surface area contributed by atoms with Crippen molar-refractivity contribution in [2.45, 2.75) is 20.8 Å². The Bertz CT molecular complexity index is 8.66. The Kier molecular flexibility index (Phi) is 24.4. The zero-order valence-electron chi connectivity index (χ0n) is 5.21. The van der Waals surface area contributed by atoms with Crippen LogP contribution in [0.3, 0.4) is 0 Å². The van der Waals surface area contributed by atoms with Gasteiger partial charge in [-0.3, -0.25) is 0 Å². The van der Waals surface area contributed by atoms with E-state index >= 15 is 0 Å². The van der Waals surface area contributed by atoms with Gasteiger partial charge < -0.3 is 13.3 Å². The van der Waals surface area contributed by atoms with Gasteiger partial charge in [0.1, 0.15) is 0 Å². The molecule has 0 fully saturated rings. The maximum absolute atomic E-state index is 2.08. The molecule has 34 valence electrons. The van der Waals surface area contributed by atoms with Gasteiger partial charge in [0.2, 0.25) is 0 Å². The van der Waals surface area contributed by atoms with Crippen LogP contribution in [0.5, 0.6) is 0 Å². The Morgan fingerprint density at radius 3 is 1.00 bits per heavy atom. The van der Waals surface area contributed by atoms with Crippen LogP contribution in [0.2, 0.25) is 0 Å². The van der Waals surface area contributed by atoms with Crippen LogP contribution in [-0.4, -0.2) is 23.1 Å². The van der Waals surface area contributed by atoms with E-state index in [-0.39, 0.29) is 30.5 Å². The van der Waals surface area contributed by atoms with Crippen LogP contribution >= 0.6 is 0 Å². The maximum atomic E-state index is 2.08. The Labute approximate surface area is 57.5 Å². The van der Waals surface area contributed by atoms with E-state index in [0.29, 0.717) is 0 Å². The molecule has 0 radical (unpaired) electrons. The fourth-order valence-electron chi connectivity index (χ4n) is 0. The van der Waals surface area contributed by atoms with Crippen molar-refractivity contribution in [1.29, 1.82) is 0 Å². The molecule has 0 aliphatic carbocycles. The Morgan fingerprint density at radius 2 is 1.00 bits per heavy atom. The van der Waals surface area contributed by atoms with Crippen LogP contribution in [0.1, 0.15) is 20.8 Å². The molecular formula is C5H12Mg. The van der Waals surface area contributed by atoms with E-state index in [0.717, 1.165) is 0 Å². The molecule has 0 heterocycles. The van der Waals surface area contributed by atoms with E-state index in [1.54, 1.807) is 0 Å². The second-order valence-corrected chi connectivity index (χ2v) is 1.50. The van der Waals surface area contributed by atoms with Crippen molar-refractivity contribution < 1.29 is 0 Å². The minimum atomic E-state index is 0. The minimum absolute atomic E-state index is 0. The van der Waals surface area contributed by atoms with Crippen molar-refractivity contribution in [2.24, 2.45) is 0 Å². The normalized spacial score (nSPS) is 6.00. The van der Waals surface area contributed by atoms with Gasteiger partial charge in [0.25, 0.3) is 0 Å². The van der Waals surface area contributed by atoms with Gasteiger partial charge >= 0.3 is 23.1 Å². The predicted molar refractivity (Wildman–Crippen MR) is 32.4 cm³/mol. The molecule has 1 heteroatoms. The number of hydrogen-bond donors (Lipinski definition) is 0. The van der Waals surface area contributed by atoms with Gasteiger partial charge in [-0.2, -0.15) is 20.8 Å². The van der Waals surface area contributed by atoms with Crippen molar-refractivity contribution in [3.63, 3.8) is 0 Å². The molecule has 0 amide bonds. The first kappa shape index (κ1) is 15.9. The summed E-state index contributed by atoms with van der Waals surface area (Å²) in [5.41, 5.74) is 0. The second kappa shape index (κ2) is 9.23. The summed E-state index contributed by atoms with van der Waals surface area (Å²) < 4.78 is 0. The maximum Gasteiger partial charge on any atom is 2.00 e. The van der Waals surface area contributed by atoms with Crippen molar-refractivity contribution in [3.8, 4) is 0 Å². The molecular weight excluding hydrogens is 84.4 g/mol.